The summed E-state index contributed by atoms with van der Waals surface area (Å²) in [5.41, 5.74) is 1.71. The van der Waals surface area contributed by atoms with Crippen LogP contribution in [0.2, 0.25) is 0 Å². The highest BCUT2D eigenvalue weighted by Crippen LogP contribution is 2.22. The van der Waals surface area contributed by atoms with Gasteiger partial charge < -0.3 is 10.4 Å². The normalized spacial score (nSPS) is 12.5. The minimum absolute atomic E-state index is 0.0406. The number of aliphatic hydroxyl groups is 1. The van der Waals surface area contributed by atoms with Gasteiger partial charge in [-0.15, -0.1) is 0 Å². The summed E-state index contributed by atoms with van der Waals surface area (Å²) >= 11 is 0. The van der Waals surface area contributed by atoms with E-state index in [-0.39, 0.29) is 12.1 Å². The minimum atomic E-state index is -1.24. The van der Waals surface area contributed by atoms with Gasteiger partial charge in [0.1, 0.15) is 17.7 Å². The topological polar surface area (TPSA) is 32.3 Å². The largest absolute Gasteiger partial charge is 0.386 e. The second kappa shape index (κ2) is 6.68. The third kappa shape index (κ3) is 3.79. The molecule has 0 aromatic heterocycles. The van der Waals surface area contributed by atoms with Crippen LogP contribution in [0.4, 0.5) is 14.5 Å². The number of anilines is 1. The predicted octanol–water partition coefficient (Wildman–Crippen LogP) is 4.23. The summed E-state index contributed by atoms with van der Waals surface area (Å²) in [6.07, 6.45) is -1.24. The van der Waals surface area contributed by atoms with E-state index in [9.17, 15) is 13.9 Å². The van der Waals surface area contributed by atoms with Crippen molar-refractivity contribution in [2.75, 3.05) is 11.9 Å². The smallest absolute Gasteiger partial charge is 0.132 e. The summed E-state index contributed by atoms with van der Waals surface area (Å²) in [4.78, 5) is 0. The van der Waals surface area contributed by atoms with E-state index in [4.69, 9.17) is 0 Å². The van der Waals surface area contributed by atoms with E-state index in [0.717, 1.165) is 17.8 Å². The zero-order chi connectivity index (χ0) is 15.4. The summed E-state index contributed by atoms with van der Waals surface area (Å²) in [5.74, 6) is -1.03. The molecule has 2 aromatic rings. The van der Waals surface area contributed by atoms with Gasteiger partial charge >= 0.3 is 0 Å². The van der Waals surface area contributed by atoms with Crippen molar-refractivity contribution in [3.8, 4) is 0 Å². The van der Waals surface area contributed by atoms with Gasteiger partial charge in [-0.3, -0.25) is 0 Å². The molecule has 21 heavy (non-hydrogen) atoms. The molecule has 4 heteroatoms. The maximum Gasteiger partial charge on any atom is 0.132 e. The van der Waals surface area contributed by atoms with Crippen molar-refractivity contribution in [2.45, 2.75) is 25.9 Å². The van der Waals surface area contributed by atoms with Crippen LogP contribution in [0, 0.1) is 11.6 Å². The maximum absolute atomic E-state index is 13.5. The lowest BCUT2D eigenvalue weighted by Crippen LogP contribution is -2.15. The molecule has 2 N–H and O–H groups in total. The predicted molar refractivity (Wildman–Crippen MR) is 80.3 cm³/mol. The lowest BCUT2D eigenvalue weighted by Gasteiger charge is -2.15. The quantitative estimate of drug-likeness (QED) is 0.864. The van der Waals surface area contributed by atoms with E-state index < -0.39 is 17.7 Å². The lowest BCUT2D eigenvalue weighted by atomic mass is 10.0. The number of aliphatic hydroxyl groups excluding tert-OH is 1. The SMILES string of the molecule is CC(C)c1ccc(NCC(O)c2c(F)cccc2F)cc1. The van der Waals surface area contributed by atoms with Gasteiger partial charge in [-0.25, -0.2) is 8.78 Å². The minimum Gasteiger partial charge on any atom is -0.386 e. The standard InChI is InChI=1S/C17H19F2NO/c1-11(2)12-6-8-13(9-7-12)20-10-16(21)17-14(18)4-3-5-15(17)19/h3-9,11,16,20-21H,10H2,1-2H3. The number of rotatable bonds is 5. The molecule has 2 rings (SSSR count). The third-order valence-corrected chi connectivity index (χ3v) is 3.41. The Bertz CT molecular complexity index is 576. The van der Waals surface area contributed by atoms with E-state index in [1.165, 1.54) is 11.6 Å². The van der Waals surface area contributed by atoms with Gasteiger partial charge in [0.2, 0.25) is 0 Å². The van der Waals surface area contributed by atoms with Crippen LogP contribution in [-0.4, -0.2) is 11.7 Å². The van der Waals surface area contributed by atoms with E-state index in [1.54, 1.807) is 0 Å². The molecule has 0 radical (unpaired) electrons. The van der Waals surface area contributed by atoms with Gasteiger partial charge in [0.05, 0.1) is 5.56 Å². The van der Waals surface area contributed by atoms with Crippen LogP contribution in [-0.2, 0) is 0 Å². The highest BCUT2D eigenvalue weighted by molar-refractivity contribution is 5.45. The average Bonchev–Trinajstić information content (AvgIpc) is 2.45. The Labute approximate surface area is 123 Å². The molecular formula is C17H19F2NO. The van der Waals surface area contributed by atoms with Crippen molar-refractivity contribution in [1.29, 1.82) is 0 Å². The van der Waals surface area contributed by atoms with Crippen LogP contribution < -0.4 is 5.32 Å². The number of benzene rings is 2. The molecule has 0 saturated carbocycles. The van der Waals surface area contributed by atoms with Crippen LogP contribution in [0.1, 0.15) is 37.0 Å². The average molecular weight is 291 g/mol. The summed E-state index contributed by atoms with van der Waals surface area (Å²) in [6.45, 7) is 4.25. The summed E-state index contributed by atoms with van der Waals surface area (Å²) < 4.78 is 27.1. The molecule has 0 aliphatic rings. The van der Waals surface area contributed by atoms with Gasteiger partial charge in [-0.05, 0) is 35.7 Å². The highest BCUT2D eigenvalue weighted by Gasteiger charge is 2.17. The van der Waals surface area contributed by atoms with Crippen molar-refractivity contribution >= 4 is 5.69 Å². The van der Waals surface area contributed by atoms with Crippen molar-refractivity contribution < 1.29 is 13.9 Å². The Morgan fingerprint density at radius 3 is 2.10 bits per heavy atom. The molecule has 2 aromatic carbocycles. The van der Waals surface area contributed by atoms with Gasteiger partial charge in [0.15, 0.2) is 0 Å². The van der Waals surface area contributed by atoms with Gasteiger partial charge in [-0.1, -0.05) is 32.0 Å². The summed E-state index contributed by atoms with van der Waals surface area (Å²) in [6, 6.07) is 11.3. The summed E-state index contributed by atoms with van der Waals surface area (Å²) in [7, 11) is 0. The van der Waals surface area contributed by atoms with Gasteiger partial charge in [0, 0.05) is 12.2 Å². The second-order valence-corrected chi connectivity index (χ2v) is 5.31. The fourth-order valence-corrected chi connectivity index (χ4v) is 2.13. The van der Waals surface area contributed by atoms with Gasteiger partial charge in [0.25, 0.3) is 0 Å². The first-order chi connectivity index (χ1) is 9.99. The third-order valence-electron chi connectivity index (χ3n) is 3.41. The number of hydrogen-bond donors (Lipinski definition) is 2. The Kier molecular flexibility index (Phi) is 4.91. The van der Waals surface area contributed by atoms with E-state index in [1.807, 2.05) is 24.3 Å². The second-order valence-electron chi connectivity index (χ2n) is 5.31. The monoisotopic (exact) mass is 291 g/mol. The van der Waals surface area contributed by atoms with Crippen LogP contribution in [0.25, 0.3) is 0 Å². The molecule has 2 nitrogen and oxygen atoms in total. The Hall–Kier alpha value is -1.94. The first-order valence-electron chi connectivity index (χ1n) is 6.95. The molecule has 0 aliphatic carbocycles. The van der Waals surface area contributed by atoms with Crippen molar-refractivity contribution in [3.05, 3.63) is 65.2 Å². The molecular weight excluding hydrogens is 272 g/mol. The van der Waals surface area contributed by atoms with Crippen LogP contribution in [0.3, 0.4) is 0 Å². The molecule has 0 aliphatic heterocycles. The number of halogens is 2. The van der Waals surface area contributed by atoms with Gasteiger partial charge in [-0.2, -0.15) is 0 Å². The number of hydrogen-bond acceptors (Lipinski definition) is 2. The van der Waals surface area contributed by atoms with Crippen LogP contribution in [0.15, 0.2) is 42.5 Å². The molecule has 0 saturated heterocycles. The van der Waals surface area contributed by atoms with Crippen LogP contribution >= 0.6 is 0 Å². The Balaban J connectivity index is 2.02. The first kappa shape index (κ1) is 15.4. The van der Waals surface area contributed by atoms with Crippen molar-refractivity contribution in [1.82, 2.24) is 0 Å². The van der Waals surface area contributed by atoms with E-state index in [2.05, 4.69) is 19.2 Å². The fourth-order valence-electron chi connectivity index (χ4n) is 2.13. The zero-order valence-corrected chi connectivity index (χ0v) is 12.1. The lowest BCUT2D eigenvalue weighted by molar-refractivity contribution is 0.181. The molecule has 1 unspecified atom stereocenters. The molecule has 0 heterocycles. The molecule has 1 atom stereocenters. The first-order valence-corrected chi connectivity index (χ1v) is 6.95. The molecule has 0 fully saturated rings. The van der Waals surface area contributed by atoms with E-state index in [0.29, 0.717) is 5.92 Å². The molecule has 0 amide bonds. The maximum atomic E-state index is 13.5. The van der Waals surface area contributed by atoms with E-state index >= 15 is 0 Å². The Morgan fingerprint density at radius 1 is 1.00 bits per heavy atom. The zero-order valence-electron chi connectivity index (χ0n) is 12.1. The van der Waals surface area contributed by atoms with Crippen LogP contribution in [0.5, 0.6) is 0 Å². The molecule has 0 bridgehead atoms. The molecule has 112 valence electrons. The summed E-state index contributed by atoms with van der Waals surface area (Å²) in [5, 5.41) is 12.9. The molecule has 0 spiro atoms. The highest BCUT2D eigenvalue weighted by atomic mass is 19.1. The number of nitrogens with one attached hydrogen (secondary N) is 1. The Morgan fingerprint density at radius 2 is 1.57 bits per heavy atom. The fraction of sp³-hybridized carbons (Fsp3) is 0.294. The van der Waals surface area contributed by atoms with Crippen molar-refractivity contribution in [2.24, 2.45) is 0 Å². The van der Waals surface area contributed by atoms with Crippen molar-refractivity contribution in [3.63, 3.8) is 0 Å².